The van der Waals surface area contributed by atoms with E-state index in [0.29, 0.717) is 37.8 Å². The molecule has 0 bridgehead atoms. The van der Waals surface area contributed by atoms with Gasteiger partial charge >= 0.3 is 0 Å². The average Bonchev–Trinajstić information content (AvgIpc) is 3.02. The summed E-state index contributed by atoms with van der Waals surface area (Å²) < 4.78 is 11.0. The van der Waals surface area contributed by atoms with Crippen LogP contribution in [0, 0.1) is 0 Å². The fraction of sp³-hybridized carbons (Fsp3) is 0.471. The molecular formula is C17H23N3O3. The summed E-state index contributed by atoms with van der Waals surface area (Å²) in [7, 11) is 0. The topological polar surface area (TPSA) is 77.2 Å². The lowest BCUT2D eigenvalue weighted by molar-refractivity contribution is -0.121. The minimum absolute atomic E-state index is 0.0194. The molecule has 1 N–H and O–H groups in total. The zero-order chi connectivity index (χ0) is 16.5. The molecule has 1 aromatic carbocycles. The molecule has 1 aromatic heterocycles. The van der Waals surface area contributed by atoms with Gasteiger partial charge in [-0.25, -0.2) is 0 Å². The summed E-state index contributed by atoms with van der Waals surface area (Å²) in [6.45, 7) is 5.26. The van der Waals surface area contributed by atoms with Crippen molar-refractivity contribution in [3.05, 3.63) is 36.2 Å². The molecule has 0 aliphatic rings. The van der Waals surface area contributed by atoms with E-state index in [2.05, 4.69) is 15.5 Å². The molecule has 6 nitrogen and oxygen atoms in total. The van der Waals surface area contributed by atoms with Crippen molar-refractivity contribution in [2.45, 2.75) is 39.2 Å². The first kappa shape index (κ1) is 17.1. The third kappa shape index (κ3) is 6.20. The molecule has 6 heteroatoms. The standard InChI is InChI=1S/C17H23N3O3/c1-13(2)22-12-6-11-18-15(21)9-10-16-19-20-17(23-16)14-7-4-3-5-8-14/h3-5,7-8,13H,6,9-12H2,1-2H3,(H,18,21). The summed E-state index contributed by atoms with van der Waals surface area (Å²) in [5.74, 6) is 0.933. The molecule has 2 aromatic rings. The highest BCUT2D eigenvalue weighted by Gasteiger charge is 2.10. The Balaban J connectivity index is 1.68. The van der Waals surface area contributed by atoms with Crippen LogP contribution in [-0.4, -0.2) is 35.4 Å². The van der Waals surface area contributed by atoms with Gasteiger partial charge in [-0.1, -0.05) is 18.2 Å². The fourth-order valence-electron chi connectivity index (χ4n) is 1.98. The summed E-state index contributed by atoms with van der Waals surface area (Å²) >= 11 is 0. The number of carbonyl (C=O) groups excluding carboxylic acids is 1. The van der Waals surface area contributed by atoms with Crippen LogP contribution in [0.2, 0.25) is 0 Å². The number of ether oxygens (including phenoxy) is 1. The van der Waals surface area contributed by atoms with E-state index in [4.69, 9.17) is 9.15 Å². The van der Waals surface area contributed by atoms with Crippen molar-refractivity contribution < 1.29 is 13.9 Å². The molecule has 0 unspecified atom stereocenters. The molecule has 1 heterocycles. The van der Waals surface area contributed by atoms with Gasteiger partial charge in [0, 0.05) is 31.6 Å². The van der Waals surface area contributed by atoms with E-state index < -0.39 is 0 Å². The van der Waals surface area contributed by atoms with Crippen LogP contribution >= 0.6 is 0 Å². The first-order valence-electron chi connectivity index (χ1n) is 7.91. The second-order valence-electron chi connectivity index (χ2n) is 5.49. The molecule has 0 fully saturated rings. The minimum Gasteiger partial charge on any atom is -0.421 e. The molecule has 0 spiro atoms. The molecule has 0 radical (unpaired) electrons. The summed E-state index contributed by atoms with van der Waals surface area (Å²) in [5.41, 5.74) is 0.876. The van der Waals surface area contributed by atoms with Crippen molar-refractivity contribution >= 4 is 5.91 Å². The van der Waals surface area contributed by atoms with E-state index in [9.17, 15) is 4.79 Å². The normalized spacial score (nSPS) is 10.9. The summed E-state index contributed by atoms with van der Waals surface area (Å²) in [6, 6.07) is 9.56. The molecule has 124 valence electrons. The van der Waals surface area contributed by atoms with E-state index in [1.807, 2.05) is 44.2 Å². The SMILES string of the molecule is CC(C)OCCCNC(=O)CCc1nnc(-c2ccccc2)o1. The third-order valence-corrected chi connectivity index (χ3v) is 3.15. The van der Waals surface area contributed by atoms with Crippen LogP contribution in [-0.2, 0) is 16.0 Å². The quantitative estimate of drug-likeness (QED) is 0.719. The Morgan fingerprint density at radius 1 is 1.26 bits per heavy atom. The van der Waals surface area contributed by atoms with Crippen molar-refractivity contribution in [3.8, 4) is 11.5 Å². The zero-order valence-corrected chi connectivity index (χ0v) is 13.6. The molecular weight excluding hydrogens is 294 g/mol. The number of nitrogens with one attached hydrogen (secondary N) is 1. The molecule has 0 aliphatic heterocycles. The van der Waals surface area contributed by atoms with Crippen LogP contribution in [0.5, 0.6) is 0 Å². The Bertz CT molecular complexity index is 596. The number of aryl methyl sites for hydroxylation is 1. The Labute approximate surface area is 136 Å². The van der Waals surface area contributed by atoms with Crippen LogP contribution in [0.25, 0.3) is 11.5 Å². The lowest BCUT2D eigenvalue weighted by atomic mass is 10.2. The van der Waals surface area contributed by atoms with E-state index in [1.54, 1.807) is 0 Å². The maximum Gasteiger partial charge on any atom is 0.247 e. The minimum atomic E-state index is -0.0194. The van der Waals surface area contributed by atoms with E-state index in [0.717, 1.165) is 12.0 Å². The highest BCUT2D eigenvalue weighted by molar-refractivity contribution is 5.75. The maximum atomic E-state index is 11.7. The van der Waals surface area contributed by atoms with Crippen molar-refractivity contribution in [2.75, 3.05) is 13.2 Å². The number of hydrogen-bond acceptors (Lipinski definition) is 5. The van der Waals surface area contributed by atoms with Gasteiger partial charge < -0.3 is 14.5 Å². The lowest BCUT2D eigenvalue weighted by Gasteiger charge is -2.07. The van der Waals surface area contributed by atoms with Gasteiger partial charge in [0.25, 0.3) is 0 Å². The van der Waals surface area contributed by atoms with Gasteiger partial charge in [-0.3, -0.25) is 4.79 Å². The molecule has 0 aliphatic carbocycles. The van der Waals surface area contributed by atoms with Gasteiger partial charge in [0.05, 0.1) is 6.10 Å². The van der Waals surface area contributed by atoms with Gasteiger partial charge in [0.2, 0.25) is 17.7 Å². The van der Waals surface area contributed by atoms with Crippen molar-refractivity contribution in [2.24, 2.45) is 0 Å². The monoisotopic (exact) mass is 317 g/mol. The number of hydrogen-bond donors (Lipinski definition) is 1. The molecule has 0 atom stereocenters. The highest BCUT2D eigenvalue weighted by atomic mass is 16.5. The first-order chi connectivity index (χ1) is 11.1. The van der Waals surface area contributed by atoms with Gasteiger partial charge in [-0.2, -0.15) is 0 Å². The largest absolute Gasteiger partial charge is 0.421 e. The Hall–Kier alpha value is -2.21. The lowest BCUT2D eigenvalue weighted by Crippen LogP contribution is -2.25. The molecule has 0 saturated carbocycles. The summed E-state index contributed by atoms with van der Waals surface area (Å²) in [5, 5.41) is 10.8. The third-order valence-electron chi connectivity index (χ3n) is 3.15. The van der Waals surface area contributed by atoms with Crippen molar-refractivity contribution in [1.82, 2.24) is 15.5 Å². The maximum absolute atomic E-state index is 11.7. The van der Waals surface area contributed by atoms with Crippen LogP contribution in [0.1, 0.15) is 32.6 Å². The van der Waals surface area contributed by atoms with E-state index in [1.165, 1.54) is 0 Å². The predicted molar refractivity (Wildman–Crippen MR) is 86.8 cm³/mol. The number of benzene rings is 1. The van der Waals surface area contributed by atoms with Crippen molar-refractivity contribution in [1.29, 1.82) is 0 Å². The smallest absolute Gasteiger partial charge is 0.247 e. The average molecular weight is 317 g/mol. The van der Waals surface area contributed by atoms with Crippen molar-refractivity contribution in [3.63, 3.8) is 0 Å². The summed E-state index contributed by atoms with van der Waals surface area (Å²) in [4.78, 5) is 11.7. The van der Waals surface area contributed by atoms with E-state index >= 15 is 0 Å². The Kier molecular flexibility index (Phi) is 6.75. The fourth-order valence-corrected chi connectivity index (χ4v) is 1.98. The first-order valence-corrected chi connectivity index (χ1v) is 7.91. The molecule has 2 rings (SSSR count). The second-order valence-corrected chi connectivity index (χ2v) is 5.49. The number of nitrogens with zero attached hydrogens (tertiary/aromatic N) is 2. The molecule has 0 saturated heterocycles. The van der Waals surface area contributed by atoms with Gasteiger partial charge in [-0.05, 0) is 32.4 Å². The Morgan fingerprint density at radius 2 is 2.04 bits per heavy atom. The predicted octanol–water partition coefficient (Wildman–Crippen LogP) is 2.60. The highest BCUT2D eigenvalue weighted by Crippen LogP contribution is 2.17. The van der Waals surface area contributed by atoms with Gasteiger partial charge in [0.1, 0.15) is 0 Å². The second kappa shape index (κ2) is 9.05. The number of rotatable bonds is 9. The number of amides is 1. The van der Waals surface area contributed by atoms with Gasteiger partial charge in [0.15, 0.2) is 0 Å². The van der Waals surface area contributed by atoms with Crippen LogP contribution in [0.15, 0.2) is 34.7 Å². The summed E-state index contributed by atoms with van der Waals surface area (Å²) in [6.07, 6.45) is 1.81. The zero-order valence-electron chi connectivity index (χ0n) is 13.6. The molecule has 23 heavy (non-hydrogen) atoms. The number of aromatic nitrogens is 2. The van der Waals surface area contributed by atoms with Crippen LogP contribution in [0.3, 0.4) is 0 Å². The van der Waals surface area contributed by atoms with E-state index in [-0.39, 0.29) is 12.0 Å². The van der Waals surface area contributed by atoms with Gasteiger partial charge in [-0.15, -0.1) is 10.2 Å². The Morgan fingerprint density at radius 3 is 2.78 bits per heavy atom. The number of carbonyl (C=O) groups is 1. The van der Waals surface area contributed by atoms with Crippen LogP contribution < -0.4 is 5.32 Å². The molecule has 1 amide bonds. The van der Waals surface area contributed by atoms with Crippen LogP contribution in [0.4, 0.5) is 0 Å².